The monoisotopic (exact) mass is 1650 g/mol. The molecule has 24 rings (SSSR count). The van der Waals surface area contributed by atoms with E-state index in [0.717, 1.165) is 138 Å². The summed E-state index contributed by atoms with van der Waals surface area (Å²) in [4.78, 5) is 31.5. The molecule has 129 heavy (non-hydrogen) atoms. The van der Waals surface area contributed by atoms with Crippen LogP contribution in [0.1, 0.15) is 0 Å². The van der Waals surface area contributed by atoms with E-state index in [2.05, 4.69) is 397 Å². The molecule has 0 aliphatic rings. The smallest absolute Gasteiger partial charge is 0.166 e. The molecule has 0 radical (unpaired) electrons. The highest BCUT2D eigenvalue weighted by atomic mass is 16.3. The van der Waals surface area contributed by atoms with Gasteiger partial charge in [0.25, 0.3) is 0 Å². The van der Waals surface area contributed by atoms with E-state index in [-0.39, 0.29) is 0 Å². The molecule has 0 N–H and O–H groups in total. The normalized spacial score (nSPS) is 11.4. The molecular weight excluding hydrogens is 1570 g/mol. The van der Waals surface area contributed by atoms with E-state index in [1.54, 1.807) is 0 Å². The molecule has 0 atom stereocenters. The first-order chi connectivity index (χ1) is 63.9. The summed E-state index contributed by atoms with van der Waals surface area (Å²) >= 11 is 0. The van der Waals surface area contributed by atoms with Crippen molar-refractivity contribution in [3.63, 3.8) is 0 Å². The maximum atomic E-state index is 6.43. The number of fused-ring (bicyclic) bond motifs is 9. The number of hydrogen-bond donors (Lipinski definition) is 0. The summed E-state index contributed by atoms with van der Waals surface area (Å²) < 4.78 is 11.2. The van der Waals surface area contributed by atoms with Gasteiger partial charge < -0.3 is 13.6 Å². The van der Waals surface area contributed by atoms with Crippen molar-refractivity contribution in [2.75, 3.05) is 0 Å². The van der Waals surface area contributed by atoms with E-state index in [1.165, 1.54) is 60.8 Å². The second-order valence-corrected chi connectivity index (χ2v) is 32.4. The van der Waals surface area contributed by atoms with Crippen LogP contribution >= 0.6 is 0 Å². The van der Waals surface area contributed by atoms with Crippen molar-refractivity contribution in [1.29, 1.82) is 0 Å². The minimum Gasteiger partial charge on any atom is -0.456 e. The molecule has 0 amide bonds. The minimum absolute atomic E-state index is 0.583. The van der Waals surface area contributed by atoms with Gasteiger partial charge in [0, 0.05) is 65.7 Å². The van der Waals surface area contributed by atoms with Crippen LogP contribution in [0.5, 0.6) is 0 Å². The Bertz CT molecular complexity index is 8090. The maximum absolute atomic E-state index is 6.43. The SMILES string of the molecule is c1ccc(-c2ccc3c(c2)c2cc(-c4ccccc4)ccc2n3-c2ccc(-c3ccc(-c4ccccc4)c(-c4ccccc4)c3)cc2-c2nc(-c3ccccc3)nc(-c3ccccc3)n2)cc1.c1ccc(-c2nc(-c3ccccc3)nc(-c3cc(-c4ccc(-c5ccccc5)c(-c5ccccc5)c4)ccc3-n3c4ccccc4c4cc5oc6ccccc6c5cc43)n2)cc1. The van der Waals surface area contributed by atoms with Crippen LogP contribution < -0.4 is 0 Å². The minimum atomic E-state index is 0.583. The highest BCUT2D eigenvalue weighted by molar-refractivity contribution is 6.18. The Morgan fingerprint density at radius 1 is 0.140 bits per heavy atom. The van der Waals surface area contributed by atoms with Gasteiger partial charge in [-0.2, -0.15) is 0 Å². The number of nitrogens with zero attached hydrogens (tertiary/aromatic N) is 8. The van der Waals surface area contributed by atoms with Crippen LogP contribution in [0.4, 0.5) is 0 Å². The lowest BCUT2D eigenvalue weighted by Gasteiger charge is -2.17. The van der Waals surface area contributed by atoms with Gasteiger partial charge in [0.2, 0.25) is 0 Å². The third-order valence-corrected chi connectivity index (χ3v) is 24.6. The molecule has 24 aromatic rings. The van der Waals surface area contributed by atoms with Crippen molar-refractivity contribution in [2.45, 2.75) is 0 Å². The highest BCUT2D eigenvalue weighted by Crippen LogP contribution is 2.47. The Balaban J connectivity index is 0.000000148. The number of hydrogen-bond acceptors (Lipinski definition) is 7. The zero-order valence-corrected chi connectivity index (χ0v) is 70.0. The van der Waals surface area contributed by atoms with Gasteiger partial charge in [0.1, 0.15) is 11.2 Å². The second-order valence-electron chi connectivity index (χ2n) is 32.4. The van der Waals surface area contributed by atoms with Gasteiger partial charge in [0.05, 0.1) is 33.4 Å². The molecule has 0 spiro atoms. The predicted octanol–water partition coefficient (Wildman–Crippen LogP) is 31.2. The quantitative estimate of drug-likeness (QED) is 0.0950. The van der Waals surface area contributed by atoms with E-state index in [9.17, 15) is 0 Å². The first-order valence-electron chi connectivity index (χ1n) is 43.5. The number of para-hydroxylation sites is 2. The van der Waals surface area contributed by atoms with Crippen LogP contribution in [0.15, 0.2) is 478 Å². The molecule has 0 fully saturated rings. The summed E-state index contributed by atoms with van der Waals surface area (Å²) in [7, 11) is 0. The Kier molecular flexibility index (Phi) is 19.8. The third kappa shape index (κ3) is 14.6. The summed E-state index contributed by atoms with van der Waals surface area (Å²) in [5.74, 6) is 3.62. The summed E-state index contributed by atoms with van der Waals surface area (Å²) in [6.45, 7) is 0. The van der Waals surface area contributed by atoms with Crippen molar-refractivity contribution in [3.8, 4) is 169 Å². The lowest BCUT2D eigenvalue weighted by atomic mass is 9.90. The summed E-state index contributed by atoms with van der Waals surface area (Å²) in [6.07, 6.45) is 0. The fourth-order valence-corrected chi connectivity index (χ4v) is 18.3. The summed E-state index contributed by atoms with van der Waals surface area (Å²) in [6, 6.07) is 167. The molecule has 0 saturated heterocycles. The summed E-state index contributed by atoms with van der Waals surface area (Å²) in [5, 5.41) is 6.73. The molecule has 0 bridgehead atoms. The van der Waals surface area contributed by atoms with Crippen LogP contribution in [-0.2, 0) is 0 Å². The molecule has 5 aromatic heterocycles. The van der Waals surface area contributed by atoms with Crippen LogP contribution in [0.3, 0.4) is 0 Å². The molecular formula is C120H78N8O. The van der Waals surface area contributed by atoms with Gasteiger partial charge in [-0.15, -0.1) is 0 Å². The third-order valence-electron chi connectivity index (χ3n) is 24.6. The van der Waals surface area contributed by atoms with E-state index in [4.69, 9.17) is 34.3 Å². The van der Waals surface area contributed by atoms with Crippen LogP contribution in [0, 0.1) is 0 Å². The van der Waals surface area contributed by atoms with Crippen molar-refractivity contribution < 1.29 is 4.42 Å². The fraction of sp³-hybridized carbons (Fsp3) is 0. The molecule has 0 unspecified atom stereocenters. The zero-order valence-electron chi connectivity index (χ0n) is 70.0. The first-order valence-corrected chi connectivity index (χ1v) is 43.5. The Morgan fingerprint density at radius 3 is 0.798 bits per heavy atom. The topological polar surface area (TPSA) is 100 Å². The van der Waals surface area contributed by atoms with Gasteiger partial charge in [-0.3, -0.25) is 0 Å². The van der Waals surface area contributed by atoms with Crippen LogP contribution in [-0.4, -0.2) is 39.0 Å². The van der Waals surface area contributed by atoms with Crippen molar-refractivity contribution >= 4 is 65.6 Å². The van der Waals surface area contributed by atoms with Crippen molar-refractivity contribution in [2.24, 2.45) is 0 Å². The predicted molar refractivity (Wildman–Crippen MR) is 532 cm³/mol. The van der Waals surface area contributed by atoms with E-state index in [1.807, 2.05) is 84.9 Å². The summed E-state index contributed by atoms with van der Waals surface area (Å²) in [5.41, 5.74) is 31.8. The van der Waals surface area contributed by atoms with Gasteiger partial charge in [0.15, 0.2) is 34.9 Å². The van der Waals surface area contributed by atoms with Gasteiger partial charge in [-0.1, -0.05) is 388 Å². The van der Waals surface area contributed by atoms with Crippen molar-refractivity contribution in [3.05, 3.63) is 473 Å². The standard InChI is InChI=1S/C63H42N4.C57H36N4O/c1-7-19-43(20-8-1)49-32-36-58-55(40-49)56-41-50(44-21-9-2-10-22-44)33-37-59(56)67(58)60-38-34-52(51-31-35-53(45-23-11-3-12-24-45)54(39-51)46-25-13-4-14-26-46)42-57(60)63-65-61(47-27-15-5-16-28-47)64-62(66-63)48-29-17-6-18-30-48;1-5-17-37(18-6-1)43-31-29-41(33-46(43)38-19-7-2-8-20-38)42-30-32-51(49(34-42)57-59-55(39-21-9-3-10-22-39)58-56(60-57)40-23-11-4-12-24-40)61-50-27-15-13-25-44(50)47-36-54-48(35-52(47)61)45-26-14-16-28-53(45)62-54/h1-42H;1-36H. The van der Waals surface area contributed by atoms with E-state index >= 15 is 0 Å². The number of rotatable bonds is 16. The molecule has 0 aliphatic carbocycles. The molecule has 9 nitrogen and oxygen atoms in total. The van der Waals surface area contributed by atoms with Crippen molar-refractivity contribution in [1.82, 2.24) is 39.0 Å². The van der Waals surface area contributed by atoms with Crippen LogP contribution in [0.25, 0.3) is 234 Å². The van der Waals surface area contributed by atoms with E-state index < -0.39 is 0 Å². The molecule has 0 saturated carbocycles. The molecule has 604 valence electrons. The largest absolute Gasteiger partial charge is 0.456 e. The Hall–Kier alpha value is -17.4. The number of benzene rings is 19. The molecule has 5 heterocycles. The Labute approximate surface area is 745 Å². The lowest BCUT2D eigenvalue weighted by molar-refractivity contribution is 0.669. The number of furan rings is 1. The van der Waals surface area contributed by atoms with Gasteiger partial charge in [-0.25, -0.2) is 29.9 Å². The second kappa shape index (κ2) is 33.3. The zero-order chi connectivity index (χ0) is 85.5. The average Bonchev–Trinajstić information content (AvgIpc) is 1.57. The first kappa shape index (κ1) is 76.5. The molecule has 19 aromatic carbocycles. The molecule has 9 heteroatoms. The molecule has 0 aliphatic heterocycles. The lowest BCUT2D eigenvalue weighted by Crippen LogP contribution is -2.04. The Morgan fingerprint density at radius 2 is 0.411 bits per heavy atom. The van der Waals surface area contributed by atoms with Crippen LogP contribution in [0.2, 0.25) is 0 Å². The highest BCUT2D eigenvalue weighted by Gasteiger charge is 2.26. The number of aromatic nitrogens is 8. The maximum Gasteiger partial charge on any atom is 0.166 e. The fourth-order valence-electron chi connectivity index (χ4n) is 18.3. The van der Waals surface area contributed by atoms with E-state index in [0.29, 0.717) is 34.9 Å². The van der Waals surface area contributed by atoms with Gasteiger partial charge in [-0.05, 0) is 174 Å². The van der Waals surface area contributed by atoms with Gasteiger partial charge >= 0.3 is 0 Å². The average molecular weight is 1650 g/mol.